The molecular formula is C7H12F4. The average molecular weight is 172 g/mol. The molecule has 0 aliphatic heterocycles. The van der Waals surface area contributed by atoms with Gasteiger partial charge in [-0.15, -0.1) is 0 Å². The zero-order valence-electron chi connectivity index (χ0n) is 6.42. The first-order valence-corrected chi connectivity index (χ1v) is 3.59. The standard InChI is InChI=1S/C7H12F4/c1-2-6(9)5-7(10,11)3-4-8/h6H,2-5H2,1H3/t6-/m0/s1. The molecule has 0 radical (unpaired) electrons. The van der Waals surface area contributed by atoms with Crippen LogP contribution < -0.4 is 0 Å². The van der Waals surface area contributed by atoms with Crippen molar-refractivity contribution in [2.24, 2.45) is 0 Å². The summed E-state index contributed by atoms with van der Waals surface area (Å²) in [6, 6.07) is 0. The van der Waals surface area contributed by atoms with Gasteiger partial charge in [-0.1, -0.05) is 6.92 Å². The van der Waals surface area contributed by atoms with E-state index in [0.29, 0.717) is 0 Å². The average Bonchev–Trinajstić information content (AvgIpc) is 1.86. The minimum Gasteiger partial charge on any atom is -0.251 e. The maximum Gasteiger partial charge on any atom is 0.253 e. The molecular weight excluding hydrogens is 160 g/mol. The molecule has 0 aromatic rings. The monoisotopic (exact) mass is 172 g/mol. The Morgan fingerprint density at radius 2 is 1.91 bits per heavy atom. The fourth-order valence-electron chi connectivity index (χ4n) is 0.709. The molecule has 0 saturated carbocycles. The molecule has 0 aromatic heterocycles. The Bertz CT molecular complexity index is 103. The van der Waals surface area contributed by atoms with E-state index in [-0.39, 0.29) is 6.42 Å². The molecule has 0 fully saturated rings. The van der Waals surface area contributed by atoms with Crippen LogP contribution >= 0.6 is 0 Å². The van der Waals surface area contributed by atoms with E-state index in [4.69, 9.17) is 0 Å². The second-order valence-corrected chi connectivity index (χ2v) is 2.50. The molecule has 0 aromatic carbocycles. The lowest BCUT2D eigenvalue weighted by Gasteiger charge is -2.15. The van der Waals surface area contributed by atoms with Gasteiger partial charge in [0.1, 0.15) is 6.17 Å². The summed E-state index contributed by atoms with van der Waals surface area (Å²) >= 11 is 0. The molecule has 11 heavy (non-hydrogen) atoms. The minimum absolute atomic E-state index is 0.0574. The lowest BCUT2D eigenvalue weighted by molar-refractivity contribution is -0.0402. The molecule has 1 atom stereocenters. The van der Waals surface area contributed by atoms with E-state index < -0.39 is 31.6 Å². The maximum atomic E-state index is 12.4. The Labute approximate surface area is 63.6 Å². The summed E-state index contributed by atoms with van der Waals surface area (Å²) in [6.45, 7) is 0.389. The molecule has 0 heterocycles. The summed E-state index contributed by atoms with van der Waals surface area (Å²) in [7, 11) is 0. The van der Waals surface area contributed by atoms with Crippen LogP contribution in [0.25, 0.3) is 0 Å². The van der Waals surface area contributed by atoms with Gasteiger partial charge in [0.2, 0.25) is 0 Å². The van der Waals surface area contributed by atoms with E-state index in [1.165, 1.54) is 6.92 Å². The van der Waals surface area contributed by atoms with Crippen LogP contribution in [0.4, 0.5) is 17.6 Å². The molecule has 0 rings (SSSR count). The van der Waals surface area contributed by atoms with Crippen molar-refractivity contribution < 1.29 is 17.6 Å². The van der Waals surface area contributed by atoms with Crippen LogP contribution in [0.15, 0.2) is 0 Å². The van der Waals surface area contributed by atoms with Crippen LogP contribution in [-0.4, -0.2) is 18.8 Å². The van der Waals surface area contributed by atoms with E-state index in [2.05, 4.69) is 0 Å². The summed E-state index contributed by atoms with van der Waals surface area (Å²) in [5, 5.41) is 0. The van der Waals surface area contributed by atoms with Crippen LogP contribution in [-0.2, 0) is 0 Å². The second kappa shape index (κ2) is 4.57. The molecule has 0 bridgehead atoms. The third kappa shape index (κ3) is 5.04. The van der Waals surface area contributed by atoms with Gasteiger partial charge in [0.15, 0.2) is 0 Å². The van der Waals surface area contributed by atoms with Gasteiger partial charge in [0, 0.05) is 12.8 Å². The Morgan fingerprint density at radius 1 is 1.36 bits per heavy atom. The summed E-state index contributed by atoms with van der Waals surface area (Å²) in [5.41, 5.74) is 0. The SMILES string of the molecule is CC[C@H](F)CC(F)(F)CCF. The van der Waals surface area contributed by atoms with Crippen molar-refractivity contribution in [3.05, 3.63) is 0 Å². The number of halogens is 4. The van der Waals surface area contributed by atoms with Crippen molar-refractivity contribution in [1.29, 1.82) is 0 Å². The first kappa shape index (κ1) is 10.7. The highest BCUT2D eigenvalue weighted by Gasteiger charge is 2.31. The van der Waals surface area contributed by atoms with Gasteiger partial charge in [-0.2, -0.15) is 0 Å². The van der Waals surface area contributed by atoms with Gasteiger partial charge in [-0.25, -0.2) is 13.2 Å². The Balaban J connectivity index is 3.70. The van der Waals surface area contributed by atoms with Gasteiger partial charge in [-0.3, -0.25) is 4.39 Å². The molecule has 0 amide bonds. The van der Waals surface area contributed by atoms with Gasteiger partial charge in [-0.05, 0) is 6.42 Å². The number of rotatable bonds is 5. The zero-order valence-corrected chi connectivity index (χ0v) is 6.42. The van der Waals surface area contributed by atoms with E-state index in [9.17, 15) is 17.6 Å². The van der Waals surface area contributed by atoms with E-state index in [0.717, 1.165) is 0 Å². The molecule has 0 aliphatic rings. The first-order valence-electron chi connectivity index (χ1n) is 3.59. The number of hydrogen-bond donors (Lipinski definition) is 0. The Morgan fingerprint density at radius 3 is 2.27 bits per heavy atom. The number of alkyl halides is 4. The summed E-state index contributed by atoms with van der Waals surface area (Å²) in [5.74, 6) is -3.18. The van der Waals surface area contributed by atoms with Crippen molar-refractivity contribution >= 4 is 0 Å². The predicted octanol–water partition coefficient (Wildman–Crippen LogP) is 3.12. The maximum absolute atomic E-state index is 12.4. The smallest absolute Gasteiger partial charge is 0.251 e. The van der Waals surface area contributed by atoms with Gasteiger partial charge >= 0.3 is 0 Å². The fraction of sp³-hybridized carbons (Fsp3) is 1.00. The van der Waals surface area contributed by atoms with Gasteiger partial charge in [0.05, 0.1) is 6.67 Å². The summed E-state index contributed by atoms with van der Waals surface area (Å²) in [6.07, 6.45) is -3.18. The normalized spacial score (nSPS) is 15.0. The quantitative estimate of drug-likeness (QED) is 0.559. The van der Waals surface area contributed by atoms with Crippen LogP contribution in [0.5, 0.6) is 0 Å². The summed E-state index contributed by atoms with van der Waals surface area (Å²) in [4.78, 5) is 0. The largest absolute Gasteiger partial charge is 0.253 e. The fourth-order valence-corrected chi connectivity index (χ4v) is 0.709. The van der Waals surface area contributed by atoms with Crippen LogP contribution in [0.1, 0.15) is 26.2 Å². The van der Waals surface area contributed by atoms with Crippen molar-refractivity contribution in [1.82, 2.24) is 0 Å². The molecule has 0 unspecified atom stereocenters. The van der Waals surface area contributed by atoms with Crippen LogP contribution in [0, 0.1) is 0 Å². The minimum atomic E-state index is -3.18. The molecule has 0 aliphatic carbocycles. The molecule has 0 N–H and O–H groups in total. The van der Waals surface area contributed by atoms with Gasteiger partial charge in [0.25, 0.3) is 5.92 Å². The summed E-state index contributed by atoms with van der Waals surface area (Å²) < 4.78 is 48.6. The zero-order chi connectivity index (χ0) is 8.91. The molecule has 68 valence electrons. The van der Waals surface area contributed by atoms with Crippen molar-refractivity contribution in [2.75, 3.05) is 6.67 Å². The molecule has 0 nitrogen and oxygen atoms in total. The van der Waals surface area contributed by atoms with E-state index >= 15 is 0 Å². The van der Waals surface area contributed by atoms with E-state index in [1.54, 1.807) is 0 Å². The predicted molar refractivity (Wildman–Crippen MR) is 35.3 cm³/mol. The molecule has 0 spiro atoms. The number of hydrogen-bond acceptors (Lipinski definition) is 0. The Kier molecular flexibility index (Phi) is 4.45. The highest BCUT2D eigenvalue weighted by Crippen LogP contribution is 2.26. The van der Waals surface area contributed by atoms with E-state index in [1.807, 2.05) is 0 Å². The molecule has 4 heteroatoms. The molecule has 0 saturated heterocycles. The third-order valence-corrected chi connectivity index (χ3v) is 1.42. The van der Waals surface area contributed by atoms with Crippen LogP contribution in [0.3, 0.4) is 0 Å². The second-order valence-electron chi connectivity index (χ2n) is 2.50. The third-order valence-electron chi connectivity index (χ3n) is 1.42. The first-order chi connectivity index (χ1) is 5.02. The van der Waals surface area contributed by atoms with Gasteiger partial charge < -0.3 is 0 Å². The van der Waals surface area contributed by atoms with Crippen molar-refractivity contribution in [2.45, 2.75) is 38.3 Å². The van der Waals surface area contributed by atoms with Crippen molar-refractivity contribution in [3.8, 4) is 0 Å². The lowest BCUT2D eigenvalue weighted by Crippen LogP contribution is -2.22. The van der Waals surface area contributed by atoms with Crippen molar-refractivity contribution in [3.63, 3.8) is 0 Å². The lowest BCUT2D eigenvalue weighted by atomic mass is 10.1. The topological polar surface area (TPSA) is 0 Å². The highest BCUT2D eigenvalue weighted by molar-refractivity contribution is 4.70. The Hall–Kier alpha value is -0.280. The highest BCUT2D eigenvalue weighted by atomic mass is 19.3. The van der Waals surface area contributed by atoms with Crippen LogP contribution in [0.2, 0.25) is 0 Å².